The van der Waals surface area contributed by atoms with Crippen molar-refractivity contribution in [3.05, 3.63) is 35.9 Å². The first-order valence-electron chi connectivity index (χ1n) is 7.38. The van der Waals surface area contributed by atoms with E-state index in [0.717, 1.165) is 31.4 Å². The first kappa shape index (κ1) is 13.2. The van der Waals surface area contributed by atoms with E-state index in [0.29, 0.717) is 19.5 Å². The largest absolute Gasteiger partial charge is 0.336 e. The highest BCUT2D eigenvalue weighted by atomic mass is 16.2. The Hall–Kier alpha value is -1.84. The Labute approximate surface area is 119 Å². The van der Waals surface area contributed by atoms with Gasteiger partial charge in [0.05, 0.1) is 0 Å². The van der Waals surface area contributed by atoms with E-state index < -0.39 is 0 Å². The predicted molar refractivity (Wildman–Crippen MR) is 75.8 cm³/mol. The SMILES string of the molecule is O=C1C2CCCCN2C(=O)CCN1Cc1ccccc1. The Balaban J connectivity index is 1.78. The molecule has 4 heteroatoms. The first-order chi connectivity index (χ1) is 9.75. The number of carbonyl (C=O) groups excluding carboxylic acids is 2. The number of fused-ring (bicyclic) bond motifs is 1. The van der Waals surface area contributed by atoms with Crippen molar-refractivity contribution >= 4 is 11.8 Å². The van der Waals surface area contributed by atoms with Gasteiger partial charge in [-0.15, -0.1) is 0 Å². The van der Waals surface area contributed by atoms with Crippen molar-refractivity contribution in [2.24, 2.45) is 0 Å². The lowest BCUT2D eigenvalue weighted by atomic mass is 10.0. The summed E-state index contributed by atoms with van der Waals surface area (Å²) in [5, 5.41) is 0. The molecule has 0 aromatic heterocycles. The van der Waals surface area contributed by atoms with E-state index in [-0.39, 0.29) is 17.9 Å². The number of rotatable bonds is 2. The van der Waals surface area contributed by atoms with Gasteiger partial charge in [-0.25, -0.2) is 0 Å². The molecule has 0 N–H and O–H groups in total. The maximum atomic E-state index is 12.7. The second-order valence-electron chi connectivity index (χ2n) is 5.59. The number of hydrogen-bond acceptors (Lipinski definition) is 2. The lowest BCUT2D eigenvalue weighted by Gasteiger charge is -2.34. The number of carbonyl (C=O) groups is 2. The third-order valence-corrected chi connectivity index (χ3v) is 4.23. The second-order valence-corrected chi connectivity index (χ2v) is 5.59. The Kier molecular flexibility index (Phi) is 3.72. The van der Waals surface area contributed by atoms with Gasteiger partial charge in [0.2, 0.25) is 11.8 Å². The van der Waals surface area contributed by atoms with Gasteiger partial charge in [0.1, 0.15) is 6.04 Å². The minimum absolute atomic E-state index is 0.124. The molecule has 2 heterocycles. The Morgan fingerprint density at radius 2 is 1.85 bits per heavy atom. The van der Waals surface area contributed by atoms with Gasteiger partial charge in [0.15, 0.2) is 0 Å². The summed E-state index contributed by atoms with van der Waals surface area (Å²) in [4.78, 5) is 28.5. The van der Waals surface area contributed by atoms with Gasteiger partial charge in [-0.1, -0.05) is 30.3 Å². The predicted octanol–water partition coefficient (Wildman–Crippen LogP) is 1.80. The lowest BCUT2D eigenvalue weighted by Crippen LogP contribution is -2.49. The van der Waals surface area contributed by atoms with Crippen molar-refractivity contribution in [1.29, 1.82) is 0 Å². The summed E-state index contributed by atoms with van der Waals surface area (Å²) < 4.78 is 0. The molecule has 0 radical (unpaired) electrons. The first-order valence-corrected chi connectivity index (χ1v) is 7.38. The van der Waals surface area contributed by atoms with Gasteiger partial charge < -0.3 is 9.80 Å². The number of nitrogens with zero attached hydrogens (tertiary/aromatic N) is 2. The molecule has 2 fully saturated rings. The minimum atomic E-state index is -0.220. The zero-order valence-corrected chi connectivity index (χ0v) is 11.6. The fourth-order valence-electron chi connectivity index (χ4n) is 3.14. The van der Waals surface area contributed by atoms with Crippen molar-refractivity contribution < 1.29 is 9.59 Å². The molecule has 1 aromatic rings. The zero-order chi connectivity index (χ0) is 13.9. The number of hydrogen-bond donors (Lipinski definition) is 0. The van der Waals surface area contributed by atoms with Crippen LogP contribution in [-0.2, 0) is 16.1 Å². The van der Waals surface area contributed by atoms with Gasteiger partial charge in [-0.3, -0.25) is 9.59 Å². The van der Waals surface area contributed by atoms with E-state index >= 15 is 0 Å². The van der Waals surface area contributed by atoms with Gasteiger partial charge in [0, 0.05) is 26.1 Å². The van der Waals surface area contributed by atoms with Crippen molar-refractivity contribution in [2.75, 3.05) is 13.1 Å². The van der Waals surface area contributed by atoms with E-state index in [9.17, 15) is 9.59 Å². The maximum Gasteiger partial charge on any atom is 0.245 e. The zero-order valence-electron chi connectivity index (χ0n) is 11.6. The van der Waals surface area contributed by atoms with E-state index in [4.69, 9.17) is 0 Å². The van der Waals surface area contributed by atoms with E-state index in [1.807, 2.05) is 35.2 Å². The monoisotopic (exact) mass is 272 g/mol. The molecule has 0 spiro atoms. The molecule has 1 atom stereocenters. The topological polar surface area (TPSA) is 40.6 Å². The van der Waals surface area contributed by atoms with Crippen LogP contribution in [0, 0.1) is 0 Å². The summed E-state index contributed by atoms with van der Waals surface area (Å²) >= 11 is 0. The van der Waals surface area contributed by atoms with Crippen LogP contribution in [0.4, 0.5) is 0 Å². The highest BCUT2D eigenvalue weighted by molar-refractivity contribution is 5.90. The Morgan fingerprint density at radius 1 is 1.05 bits per heavy atom. The molecule has 0 saturated carbocycles. The van der Waals surface area contributed by atoms with Crippen LogP contribution in [0.2, 0.25) is 0 Å². The van der Waals surface area contributed by atoms with Crippen LogP contribution in [0.1, 0.15) is 31.2 Å². The van der Waals surface area contributed by atoms with Gasteiger partial charge >= 0.3 is 0 Å². The smallest absolute Gasteiger partial charge is 0.245 e. The minimum Gasteiger partial charge on any atom is -0.336 e. The average molecular weight is 272 g/mol. The molecule has 0 bridgehead atoms. The fraction of sp³-hybridized carbons (Fsp3) is 0.500. The molecule has 2 saturated heterocycles. The standard InChI is InChI=1S/C16H20N2O2/c19-15-9-11-17(12-13-6-2-1-3-7-13)16(20)14-8-4-5-10-18(14)15/h1-3,6-7,14H,4-5,8-12H2. The van der Waals surface area contributed by atoms with E-state index in [1.54, 1.807) is 4.90 Å². The molecule has 2 aliphatic rings. The average Bonchev–Trinajstić information content (AvgIpc) is 2.61. The van der Waals surface area contributed by atoms with Crippen LogP contribution in [0.5, 0.6) is 0 Å². The van der Waals surface area contributed by atoms with Gasteiger partial charge in [0.25, 0.3) is 0 Å². The number of piperidine rings is 1. The molecule has 2 amide bonds. The van der Waals surface area contributed by atoms with Crippen LogP contribution in [0.3, 0.4) is 0 Å². The molecule has 2 aliphatic heterocycles. The molecular formula is C16H20N2O2. The van der Waals surface area contributed by atoms with Crippen LogP contribution in [0.15, 0.2) is 30.3 Å². The van der Waals surface area contributed by atoms with E-state index in [1.165, 1.54) is 0 Å². The summed E-state index contributed by atoms with van der Waals surface area (Å²) in [5.74, 6) is 0.262. The van der Waals surface area contributed by atoms with E-state index in [2.05, 4.69) is 0 Å². The van der Waals surface area contributed by atoms with Crippen molar-refractivity contribution in [2.45, 2.75) is 38.3 Å². The lowest BCUT2D eigenvalue weighted by molar-refractivity contribution is -0.143. The molecule has 106 valence electrons. The maximum absolute atomic E-state index is 12.7. The molecule has 1 aromatic carbocycles. The Morgan fingerprint density at radius 3 is 2.65 bits per heavy atom. The van der Waals surface area contributed by atoms with Crippen molar-refractivity contribution in [3.63, 3.8) is 0 Å². The molecule has 0 aliphatic carbocycles. The summed E-state index contributed by atoms with van der Waals surface area (Å²) in [6.45, 7) is 1.89. The molecular weight excluding hydrogens is 252 g/mol. The third kappa shape index (κ3) is 2.55. The van der Waals surface area contributed by atoms with Crippen LogP contribution < -0.4 is 0 Å². The van der Waals surface area contributed by atoms with Crippen LogP contribution in [0.25, 0.3) is 0 Å². The van der Waals surface area contributed by atoms with Crippen molar-refractivity contribution in [1.82, 2.24) is 9.80 Å². The second kappa shape index (κ2) is 5.65. The quantitative estimate of drug-likeness (QED) is 0.823. The highest BCUT2D eigenvalue weighted by Gasteiger charge is 2.37. The molecule has 3 rings (SSSR count). The molecule has 1 unspecified atom stereocenters. The normalized spacial score (nSPS) is 23.5. The van der Waals surface area contributed by atoms with Gasteiger partial charge in [-0.05, 0) is 24.8 Å². The summed E-state index contributed by atoms with van der Waals surface area (Å²) in [6.07, 6.45) is 3.33. The molecule has 20 heavy (non-hydrogen) atoms. The number of benzene rings is 1. The summed E-state index contributed by atoms with van der Waals surface area (Å²) in [5.41, 5.74) is 1.12. The fourth-order valence-corrected chi connectivity index (χ4v) is 3.14. The van der Waals surface area contributed by atoms with Crippen molar-refractivity contribution in [3.8, 4) is 0 Å². The summed E-state index contributed by atoms with van der Waals surface area (Å²) in [6, 6.07) is 9.77. The highest BCUT2D eigenvalue weighted by Crippen LogP contribution is 2.23. The molecule has 4 nitrogen and oxygen atoms in total. The summed E-state index contributed by atoms with van der Waals surface area (Å²) in [7, 11) is 0. The number of amides is 2. The third-order valence-electron chi connectivity index (χ3n) is 4.23. The van der Waals surface area contributed by atoms with Crippen LogP contribution >= 0.6 is 0 Å². The Bertz CT molecular complexity index is 500. The van der Waals surface area contributed by atoms with Gasteiger partial charge in [-0.2, -0.15) is 0 Å². The van der Waals surface area contributed by atoms with Crippen LogP contribution in [-0.4, -0.2) is 40.7 Å².